The van der Waals surface area contributed by atoms with Crippen LogP contribution in [0.15, 0.2) is 23.1 Å². The molecule has 0 amide bonds. The summed E-state index contributed by atoms with van der Waals surface area (Å²) in [5.74, 6) is 1.71. The standard InChI is InChI=1S/C10H9N5S2/c1-6-2-11-7(15-6)3-16-9-8-10(13-4-12-9)17-5-14-8/h2,4-5H,3H2,1H3,(H,11,15). The number of hydrogen-bond acceptors (Lipinski definition) is 6. The van der Waals surface area contributed by atoms with E-state index in [9.17, 15) is 0 Å². The van der Waals surface area contributed by atoms with E-state index < -0.39 is 0 Å². The van der Waals surface area contributed by atoms with Crippen LogP contribution < -0.4 is 0 Å². The molecule has 0 saturated heterocycles. The van der Waals surface area contributed by atoms with Crippen LogP contribution in [0.3, 0.4) is 0 Å². The summed E-state index contributed by atoms with van der Waals surface area (Å²) in [6.07, 6.45) is 3.41. The van der Waals surface area contributed by atoms with E-state index in [-0.39, 0.29) is 0 Å². The first-order chi connectivity index (χ1) is 8.33. The highest BCUT2D eigenvalue weighted by atomic mass is 32.2. The Kier molecular flexibility index (Phi) is 2.77. The van der Waals surface area contributed by atoms with Crippen molar-refractivity contribution in [1.29, 1.82) is 0 Å². The van der Waals surface area contributed by atoms with Gasteiger partial charge in [-0.3, -0.25) is 0 Å². The zero-order valence-corrected chi connectivity index (χ0v) is 10.7. The third kappa shape index (κ3) is 2.16. The highest BCUT2D eigenvalue weighted by Gasteiger charge is 2.08. The van der Waals surface area contributed by atoms with Crippen LogP contribution in [-0.4, -0.2) is 24.9 Å². The predicted octanol–water partition coefficient (Wildman–Crippen LogP) is 2.41. The Hall–Kier alpha value is -1.47. The van der Waals surface area contributed by atoms with Gasteiger partial charge >= 0.3 is 0 Å². The summed E-state index contributed by atoms with van der Waals surface area (Å²) in [6.45, 7) is 1.99. The Balaban J connectivity index is 1.83. The summed E-state index contributed by atoms with van der Waals surface area (Å²) in [7, 11) is 0. The van der Waals surface area contributed by atoms with E-state index in [0.29, 0.717) is 0 Å². The van der Waals surface area contributed by atoms with Crippen molar-refractivity contribution in [3.63, 3.8) is 0 Å². The van der Waals surface area contributed by atoms with Crippen LogP contribution in [0.5, 0.6) is 0 Å². The van der Waals surface area contributed by atoms with E-state index in [1.165, 1.54) is 11.3 Å². The Morgan fingerprint density at radius 1 is 1.29 bits per heavy atom. The number of aromatic nitrogens is 5. The van der Waals surface area contributed by atoms with Gasteiger partial charge < -0.3 is 4.98 Å². The molecule has 0 fully saturated rings. The fourth-order valence-corrected chi connectivity index (χ4v) is 2.98. The lowest BCUT2D eigenvalue weighted by molar-refractivity contribution is 1.07. The number of fused-ring (bicyclic) bond motifs is 1. The second-order valence-corrected chi connectivity index (χ2v) is 5.28. The minimum Gasteiger partial charge on any atom is -0.345 e. The number of aromatic amines is 1. The molecule has 5 nitrogen and oxygen atoms in total. The molecule has 0 aliphatic rings. The minimum absolute atomic E-state index is 0.761. The summed E-state index contributed by atoms with van der Waals surface area (Å²) in [4.78, 5) is 21.1. The first kappa shape index (κ1) is 10.7. The highest BCUT2D eigenvalue weighted by Crippen LogP contribution is 2.27. The lowest BCUT2D eigenvalue weighted by Crippen LogP contribution is -1.88. The largest absolute Gasteiger partial charge is 0.345 e. The second-order valence-electron chi connectivity index (χ2n) is 3.49. The number of hydrogen-bond donors (Lipinski definition) is 1. The first-order valence-corrected chi connectivity index (χ1v) is 6.87. The summed E-state index contributed by atoms with van der Waals surface area (Å²) in [5, 5.41) is 0.908. The lowest BCUT2D eigenvalue weighted by Gasteiger charge is -1.98. The molecular formula is C10H9N5S2. The van der Waals surface area contributed by atoms with Crippen LogP contribution >= 0.6 is 23.1 Å². The summed E-state index contributed by atoms with van der Waals surface area (Å²) >= 11 is 3.15. The third-order valence-electron chi connectivity index (χ3n) is 2.20. The number of H-pyrrole nitrogens is 1. The van der Waals surface area contributed by atoms with Crippen molar-refractivity contribution >= 4 is 33.4 Å². The predicted molar refractivity (Wildman–Crippen MR) is 68.1 cm³/mol. The number of thioether (sulfide) groups is 1. The monoisotopic (exact) mass is 263 g/mol. The molecule has 0 aliphatic heterocycles. The van der Waals surface area contributed by atoms with Gasteiger partial charge in [-0.2, -0.15) is 0 Å². The molecule has 3 aromatic heterocycles. The zero-order chi connectivity index (χ0) is 11.7. The average Bonchev–Trinajstić information content (AvgIpc) is 2.94. The Morgan fingerprint density at radius 3 is 3.06 bits per heavy atom. The number of imidazole rings is 1. The SMILES string of the molecule is Cc1cnc(CSc2ncnc3scnc23)[nH]1. The lowest BCUT2D eigenvalue weighted by atomic mass is 10.6. The molecule has 3 aromatic rings. The molecule has 0 radical (unpaired) electrons. The van der Waals surface area contributed by atoms with Gasteiger partial charge in [-0.1, -0.05) is 11.8 Å². The maximum atomic E-state index is 4.28. The van der Waals surface area contributed by atoms with E-state index in [1.54, 1.807) is 23.6 Å². The van der Waals surface area contributed by atoms with Crippen LogP contribution in [-0.2, 0) is 5.75 Å². The molecule has 0 unspecified atom stereocenters. The maximum Gasteiger partial charge on any atom is 0.147 e. The fraction of sp³-hybridized carbons (Fsp3) is 0.200. The highest BCUT2D eigenvalue weighted by molar-refractivity contribution is 7.98. The quantitative estimate of drug-likeness (QED) is 0.580. The van der Waals surface area contributed by atoms with Crippen LogP contribution in [0.2, 0.25) is 0 Å². The van der Waals surface area contributed by atoms with Crippen molar-refractivity contribution in [1.82, 2.24) is 24.9 Å². The van der Waals surface area contributed by atoms with Crippen molar-refractivity contribution in [2.45, 2.75) is 17.7 Å². The third-order valence-corrected chi connectivity index (χ3v) is 3.93. The van der Waals surface area contributed by atoms with Gasteiger partial charge in [-0.05, 0) is 6.92 Å². The van der Waals surface area contributed by atoms with Crippen LogP contribution in [0, 0.1) is 6.92 Å². The molecule has 0 aromatic carbocycles. The molecule has 0 saturated carbocycles. The van der Waals surface area contributed by atoms with Crippen molar-refractivity contribution < 1.29 is 0 Å². The maximum absolute atomic E-state index is 4.28. The molecule has 86 valence electrons. The van der Waals surface area contributed by atoms with Crippen molar-refractivity contribution in [2.24, 2.45) is 0 Å². The van der Waals surface area contributed by atoms with Gasteiger partial charge in [0.1, 0.15) is 27.5 Å². The Morgan fingerprint density at radius 2 is 2.24 bits per heavy atom. The summed E-state index contributed by atoms with van der Waals surface area (Å²) < 4.78 is 0. The van der Waals surface area contributed by atoms with E-state index in [2.05, 4.69) is 24.9 Å². The fourth-order valence-electron chi connectivity index (χ4n) is 1.46. The molecule has 3 rings (SSSR count). The van der Waals surface area contributed by atoms with Gasteiger partial charge in [0.25, 0.3) is 0 Å². The normalized spacial score (nSPS) is 11.1. The van der Waals surface area contributed by atoms with Crippen molar-refractivity contribution in [3.8, 4) is 0 Å². The summed E-state index contributed by atoms with van der Waals surface area (Å²) in [6, 6.07) is 0. The van der Waals surface area contributed by atoms with Gasteiger partial charge in [0.2, 0.25) is 0 Å². The molecule has 17 heavy (non-hydrogen) atoms. The molecule has 3 heterocycles. The molecule has 1 N–H and O–H groups in total. The van der Waals surface area contributed by atoms with Crippen LogP contribution in [0.25, 0.3) is 10.3 Å². The molecule has 0 atom stereocenters. The van der Waals surface area contributed by atoms with E-state index >= 15 is 0 Å². The molecule has 0 spiro atoms. The van der Waals surface area contributed by atoms with Crippen LogP contribution in [0.1, 0.15) is 11.5 Å². The van der Waals surface area contributed by atoms with Crippen molar-refractivity contribution in [2.75, 3.05) is 0 Å². The van der Waals surface area contributed by atoms with E-state index in [4.69, 9.17) is 0 Å². The number of aryl methyl sites for hydroxylation is 1. The number of nitrogens with one attached hydrogen (secondary N) is 1. The molecule has 0 bridgehead atoms. The van der Waals surface area contributed by atoms with E-state index in [1.807, 2.05) is 13.1 Å². The van der Waals surface area contributed by atoms with Gasteiger partial charge in [0.15, 0.2) is 0 Å². The number of thiazole rings is 1. The second kappa shape index (κ2) is 4.42. The van der Waals surface area contributed by atoms with Gasteiger partial charge in [-0.15, -0.1) is 11.3 Å². The number of nitrogens with zero attached hydrogens (tertiary/aromatic N) is 4. The Labute approximate surface area is 106 Å². The molecule has 0 aliphatic carbocycles. The molecular weight excluding hydrogens is 254 g/mol. The first-order valence-electron chi connectivity index (χ1n) is 5.00. The molecule has 7 heteroatoms. The average molecular weight is 263 g/mol. The Bertz CT molecular complexity index is 645. The van der Waals surface area contributed by atoms with E-state index in [0.717, 1.165) is 32.6 Å². The summed E-state index contributed by atoms with van der Waals surface area (Å²) in [5.41, 5.74) is 3.74. The smallest absolute Gasteiger partial charge is 0.147 e. The zero-order valence-electron chi connectivity index (χ0n) is 9.04. The topological polar surface area (TPSA) is 67.3 Å². The minimum atomic E-state index is 0.761. The van der Waals surface area contributed by atoms with Crippen molar-refractivity contribution in [3.05, 3.63) is 29.6 Å². The van der Waals surface area contributed by atoms with Gasteiger partial charge in [0, 0.05) is 11.9 Å². The van der Waals surface area contributed by atoms with Gasteiger partial charge in [0.05, 0.1) is 11.3 Å². The van der Waals surface area contributed by atoms with Crippen LogP contribution in [0.4, 0.5) is 0 Å². The number of rotatable bonds is 3. The van der Waals surface area contributed by atoms with Gasteiger partial charge in [-0.25, -0.2) is 19.9 Å².